The first-order chi connectivity index (χ1) is 8.69. The third-order valence-corrected chi connectivity index (χ3v) is 2.50. The van der Waals surface area contributed by atoms with Gasteiger partial charge in [0.25, 0.3) is 0 Å². The van der Waals surface area contributed by atoms with Gasteiger partial charge < -0.3 is 9.73 Å². The minimum Gasteiger partial charge on any atom is -0.461 e. The number of rotatable bonds is 5. The second kappa shape index (κ2) is 5.67. The van der Waals surface area contributed by atoms with Crippen molar-refractivity contribution in [2.24, 2.45) is 5.92 Å². The molecule has 2 aromatic rings. The van der Waals surface area contributed by atoms with Crippen LogP contribution in [0.1, 0.15) is 26.5 Å². The molecule has 0 aliphatic rings. The number of aromatic nitrogens is 2. The van der Waals surface area contributed by atoms with E-state index in [1.54, 1.807) is 6.26 Å². The molecule has 0 atom stereocenters. The van der Waals surface area contributed by atoms with E-state index >= 15 is 0 Å². The lowest BCUT2D eigenvalue weighted by Gasteiger charge is -2.09. The maximum atomic E-state index is 5.36. The van der Waals surface area contributed by atoms with Crippen LogP contribution in [0.15, 0.2) is 28.9 Å². The molecule has 96 valence electrons. The molecule has 0 aliphatic heterocycles. The monoisotopic (exact) mass is 245 g/mol. The zero-order valence-electron chi connectivity index (χ0n) is 11.1. The summed E-state index contributed by atoms with van der Waals surface area (Å²) in [5.41, 5.74) is 1.04. The minimum absolute atomic E-state index is 0.568. The molecule has 0 saturated heterocycles. The average Bonchev–Trinajstić information content (AvgIpc) is 2.81. The molecule has 4 nitrogen and oxygen atoms in total. The van der Waals surface area contributed by atoms with Crippen LogP contribution in [0.5, 0.6) is 0 Å². The molecular weight excluding hydrogens is 226 g/mol. The number of anilines is 1. The summed E-state index contributed by atoms with van der Waals surface area (Å²) in [4.78, 5) is 9.01. The summed E-state index contributed by atoms with van der Waals surface area (Å²) >= 11 is 0. The molecule has 4 heteroatoms. The quantitative estimate of drug-likeness (QED) is 0.877. The first-order valence-corrected chi connectivity index (χ1v) is 6.34. The highest BCUT2D eigenvalue weighted by atomic mass is 16.3. The van der Waals surface area contributed by atoms with Gasteiger partial charge in [-0.3, -0.25) is 0 Å². The molecule has 0 fully saturated rings. The van der Waals surface area contributed by atoms with Crippen molar-refractivity contribution in [2.45, 2.75) is 27.2 Å². The highest BCUT2D eigenvalue weighted by Gasteiger charge is 2.09. The Labute approximate surface area is 107 Å². The Bertz CT molecular complexity index is 492. The van der Waals surface area contributed by atoms with Crippen molar-refractivity contribution in [1.29, 1.82) is 0 Å². The van der Waals surface area contributed by atoms with Crippen molar-refractivity contribution in [2.75, 3.05) is 11.9 Å². The fourth-order valence-corrected chi connectivity index (χ4v) is 1.81. The van der Waals surface area contributed by atoms with Gasteiger partial charge in [-0.2, -0.15) is 0 Å². The van der Waals surface area contributed by atoms with E-state index in [1.165, 1.54) is 0 Å². The van der Waals surface area contributed by atoms with E-state index in [0.717, 1.165) is 24.5 Å². The van der Waals surface area contributed by atoms with Crippen LogP contribution in [0.25, 0.3) is 11.6 Å². The van der Waals surface area contributed by atoms with Gasteiger partial charge in [-0.1, -0.05) is 13.8 Å². The highest BCUT2D eigenvalue weighted by Crippen LogP contribution is 2.19. The van der Waals surface area contributed by atoms with Gasteiger partial charge in [-0.25, -0.2) is 9.97 Å². The van der Waals surface area contributed by atoms with Crippen molar-refractivity contribution >= 4 is 5.82 Å². The summed E-state index contributed by atoms with van der Waals surface area (Å²) in [5.74, 6) is 2.78. The van der Waals surface area contributed by atoms with E-state index in [1.807, 2.05) is 18.2 Å². The van der Waals surface area contributed by atoms with E-state index in [-0.39, 0.29) is 0 Å². The van der Waals surface area contributed by atoms with Crippen LogP contribution in [0.3, 0.4) is 0 Å². The standard InChI is InChI=1S/C14H19N3O/c1-4-15-13-9-11(8-10(2)3)16-14(17-13)12-6-5-7-18-12/h5-7,9-10H,4,8H2,1-3H3,(H,15,16,17). The largest absolute Gasteiger partial charge is 0.461 e. The van der Waals surface area contributed by atoms with Gasteiger partial charge >= 0.3 is 0 Å². The van der Waals surface area contributed by atoms with Crippen LogP contribution in [0, 0.1) is 5.92 Å². The molecule has 0 aliphatic carbocycles. The number of hydrogen-bond acceptors (Lipinski definition) is 4. The smallest absolute Gasteiger partial charge is 0.197 e. The molecule has 0 unspecified atom stereocenters. The minimum atomic E-state index is 0.568. The second-order valence-corrected chi connectivity index (χ2v) is 4.67. The molecular formula is C14H19N3O. The fraction of sp³-hybridized carbons (Fsp3) is 0.429. The van der Waals surface area contributed by atoms with Crippen molar-refractivity contribution < 1.29 is 4.42 Å². The van der Waals surface area contributed by atoms with Gasteiger partial charge in [0.1, 0.15) is 5.82 Å². The third-order valence-electron chi connectivity index (χ3n) is 2.50. The SMILES string of the molecule is CCNc1cc(CC(C)C)nc(-c2ccco2)n1. The van der Waals surface area contributed by atoms with Crippen LogP contribution < -0.4 is 5.32 Å². The molecule has 1 N–H and O–H groups in total. The molecule has 2 aromatic heterocycles. The van der Waals surface area contributed by atoms with Gasteiger partial charge in [0.05, 0.1) is 6.26 Å². The molecule has 0 spiro atoms. The lowest BCUT2D eigenvalue weighted by Crippen LogP contribution is -2.05. The third kappa shape index (κ3) is 3.09. The topological polar surface area (TPSA) is 51.0 Å². The average molecular weight is 245 g/mol. The normalized spacial score (nSPS) is 10.9. The predicted octanol–water partition coefficient (Wildman–Crippen LogP) is 3.37. The molecule has 0 aromatic carbocycles. The zero-order valence-corrected chi connectivity index (χ0v) is 11.1. The molecule has 18 heavy (non-hydrogen) atoms. The molecule has 0 amide bonds. The van der Waals surface area contributed by atoms with Crippen molar-refractivity contribution in [3.63, 3.8) is 0 Å². The van der Waals surface area contributed by atoms with Crippen LogP contribution in [-0.2, 0) is 6.42 Å². The molecule has 2 heterocycles. The highest BCUT2D eigenvalue weighted by molar-refractivity contribution is 5.51. The van der Waals surface area contributed by atoms with E-state index in [0.29, 0.717) is 17.5 Å². The van der Waals surface area contributed by atoms with Gasteiger partial charge in [-0.15, -0.1) is 0 Å². The Hall–Kier alpha value is -1.84. The van der Waals surface area contributed by atoms with E-state index in [4.69, 9.17) is 4.42 Å². The summed E-state index contributed by atoms with van der Waals surface area (Å²) < 4.78 is 5.36. The number of nitrogens with one attached hydrogen (secondary N) is 1. The lowest BCUT2D eigenvalue weighted by molar-refractivity contribution is 0.575. The van der Waals surface area contributed by atoms with Gasteiger partial charge in [-0.05, 0) is 31.4 Å². The maximum Gasteiger partial charge on any atom is 0.197 e. The van der Waals surface area contributed by atoms with Crippen LogP contribution in [0.4, 0.5) is 5.82 Å². The van der Waals surface area contributed by atoms with E-state index in [2.05, 4.69) is 36.1 Å². The zero-order chi connectivity index (χ0) is 13.0. The lowest BCUT2D eigenvalue weighted by atomic mass is 10.1. The van der Waals surface area contributed by atoms with E-state index in [9.17, 15) is 0 Å². The van der Waals surface area contributed by atoms with E-state index < -0.39 is 0 Å². The Morgan fingerprint density at radius 3 is 2.78 bits per heavy atom. The maximum absolute atomic E-state index is 5.36. The number of hydrogen-bond donors (Lipinski definition) is 1. The summed E-state index contributed by atoms with van der Waals surface area (Å²) in [6.07, 6.45) is 2.58. The molecule has 0 radical (unpaired) electrons. The summed E-state index contributed by atoms with van der Waals surface area (Å²) in [6.45, 7) is 7.26. The fourth-order valence-electron chi connectivity index (χ4n) is 1.81. The Kier molecular flexibility index (Phi) is 3.97. The summed E-state index contributed by atoms with van der Waals surface area (Å²) in [5, 5.41) is 3.23. The Balaban J connectivity index is 2.36. The van der Waals surface area contributed by atoms with Crippen molar-refractivity contribution in [1.82, 2.24) is 9.97 Å². The van der Waals surface area contributed by atoms with Gasteiger partial charge in [0.2, 0.25) is 0 Å². The van der Waals surface area contributed by atoms with Crippen molar-refractivity contribution in [3.8, 4) is 11.6 Å². The number of furan rings is 1. The van der Waals surface area contributed by atoms with Crippen LogP contribution >= 0.6 is 0 Å². The first kappa shape index (κ1) is 12.6. The predicted molar refractivity (Wildman–Crippen MR) is 72.4 cm³/mol. The van der Waals surface area contributed by atoms with Crippen LogP contribution in [-0.4, -0.2) is 16.5 Å². The molecule has 0 bridgehead atoms. The molecule has 0 saturated carbocycles. The second-order valence-electron chi connectivity index (χ2n) is 4.67. The Morgan fingerprint density at radius 1 is 1.33 bits per heavy atom. The van der Waals surface area contributed by atoms with Crippen LogP contribution in [0.2, 0.25) is 0 Å². The van der Waals surface area contributed by atoms with Gasteiger partial charge in [0, 0.05) is 18.3 Å². The first-order valence-electron chi connectivity index (χ1n) is 6.34. The Morgan fingerprint density at radius 2 is 2.17 bits per heavy atom. The van der Waals surface area contributed by atoms with Crippen molar-refractivity contribution in [3.05, 3.63) is 30.2 Å². The molecule has 2 rings (SSSR count). The summed E-state index contributed by atoms with van der Waals surface area (Å²) in [7, 11) is 0. The number of nitrogens with zero attached hydrogens (tertiary/aromatic N) is 2. The van der Waals surface area contributed by atoms with Gasteiger partial charge in [0.15, 0.2) is 11.6 Å². The summed E-state index contributed by atoms with van der Waals surface area (Å²) in [6, 6.07) is 5.74.